The number of methoxy groups -OCH3 is 1. The van der Waals surface area contributed by atoms with Gasteiger partial charge in [-0.05, 0) is 31.5 Å². The summed E-state index contributed by atoms with van der Waals surface area (Å²) >= 11 is 0. The molecule has 0 radical (unpaired) electrons. The summed E-state index contributed by atoms with van der Waals surface area (Å²) in [5, 5.41) is 14.3. The molecule has 0 fully saturated rings. The molecule has 6 heteroatoms. The maximum absolute atomic E-state index is 11.0. The molecule has 6 nitrogen and oxygen atoms in total. The first kappa shape index (κ1) is 17.2. The molecule has 0 saturated carbocycles. The summed E-state index contributed by atoms with van der Waals surface area (Å²) in [6, 6.07) is 7.61. The van der Waals surface area contributed by atoms with Gasteiger partial charge in [-0.25, -0.2) is 4.99 Å². The van der Waals surface area contributed by atoms with E-state index >= 15 is 0 Å². The molecule has 0 aliphatic carbocycles. The van der Waals surface area contributed by atoms with Gasteiger partial charge in [-0.3, -0.25) is 10.1 Å². The van der Waals surface area contributed by atoms with Crippen LogP contribution < -0.4 is 10.6 Å². The van der Waals surface area contributed by atoms with Crippen molar-refractivity contribution < 1.29 is 9.53 Å². The molecule has 0 saturated heterocycles. The highest BCUT2D eigenvalue weighted by Crippen LogP contribution is 2.11. The van der Waals surface area contributed by atoms with Crippen LogP contribution in [0.5, 0.6) is 0 Å². The predicted molar refractivity (Wildman–Crippen MR) is 87.1 cm³/mol. The lowest BCUT2D eigenvalue weighted by molar-refractivity contribution is -0.139. The third-order valence-electron chi connectivity index (χ3n) is 2.56. The summed E-state index contributed by atoms with van der Waals surface area (Å²) in [5.74, 6) is 0.137. The zero-order valence-electron chi connectivity index (χ0n) is 13.0. The van der Waals surface area contributed by atoms with Crippen LogP contribution in [0.15, 0.2) is 35.3 Å². The number of nitrogens with one attached hydrogen (secondary N) is 2. The van der Waals surface area contributed by atoms with E-state index in [1.54, 1.807) is 6.08 Å². The third-order valence-corrected chi connectivity index (χ3v) is 2.56. The van der Waals surface area contributed by atoms with E-state index in [2.05, 4.69) is 20.4 Å². The van der Waals surface area contributed by atoms with Crippen LogP contribution in [-0.2, 0) is 9.53 Å². The smallest absolute Gasteiger partial charge is 0.309 e. The third kappa shape index (κ3) is 6.57. The lowest BCUT2D eigenvalue weighted by Gasteiger charge is -2.09. The van der Waals surface area contributed by atoms with Gasteiger partial charge in [0.05, 0.1) is 13.5 Å². The Morgan fingerprint density at radius 2 is 2.09 bits per heavy atom. The van der Waals surface area contributed by atoms with Crippen LogP contribution in [0.3, 0.4) is 0 Å². The molecule has 0 spiro atoms. The first-order chi connectivity index (χ1) is 10.5. The SMILES string of the molecule is COC(=O)C/C=C/c1ccc(NC(=NC(C)C)NC#N)cc1. The topological polar surface area (TPSA) is 86.5 Å². The molecule has 0 amide bonds. The lowest BCUT2D eigenvalue weighted by atomic mass is 10.2. The molecule has 0 heterocycles. The van der Waals surface area contributed by atoms with Crippen molar-refractivity contribution in [2.24, 2.45) is 4.99 Å². The molecule has 0 unspecified atom stereocenters. The Hall–Kier alpha value is -2.81. The van der Waals surface area contributed by atoms with Gasteiger partial charge in [-0.1, -0.05) is 24.3 Å². The number of guanidine groups is 1. The molecule has 2 N–H and O–H groups in total. The van der Waals surface area contributed by atoms with Gasteiger partial charge >= 0.3 is 5.97 Å². The van der Waals surface area contributed by atoms with E-state index in [1.807, 2.05) is 50.4 Å². The summed E-state index contributed by atoms with van der Waals surface area (Å²) in [4.78, 5) is 15.3. The van der Waals surface area contributed by atoms with Crippen molar-refractivity contribution in [3.8, 4) is 6.19 Å². The number of rotatable bonds is 5. The number of esters is 1. The number of benzene rings is 1. The van der Waals surface area contributed by atoms with E-state index in [1.165, 1.54) is 7.11 Å². The number of anilines is 1. The van der Waals surface area contributed by atoms with E-state index < -0.39 is 0 Å². The Bertz CT molecular complexity index is 583. The standard InChI is InChI=1S/C16H20N4O2/c1-12(2)19-16(18-11-17)20-14-9-7-13(8-10-14)5-4-6-15(21)22-3/h4-5,7-10,12H,6H2,1-3H3,(H2,18,19,20)/b5-4+. The first-order valence-corrected chi connectivity index (χ1v) is 6.88. The largest absolute Gasteiger partial charge is 0.469 e. The highest BCUT2D eigenvalue weighted by Gasteiger charge is 2.01. The Morgan fingerprint density at radius 1 is 1.41 bits per heavy atom. The zero-order valence-corrected chi connectivity index (χ0v) is 13.0. The normalized spacial score (nSPS) is 11.3. The van der Waals surface area contributed by atoms with E-state index in [9.17, 15) is 4.79 Å². The van der Waals surface area contributed by atoms with Crippen molar-refractivity contribution in [1.82, 2.24) is 5.32 Å². The summed E-state index contributed by atoms with van der Waals surface area (Å²) in [7, 11) is 1.36. The molecule has 0 bridgehead atoms. The Morgan fingerprint density at radius 3 is 2.64 bits per heavy atom. The monoisotopic (exact) mass is 300 g/mol. The number of hydrogen-bond acceptors (Lipinski definition) is 4. The average molecular weight is 300 g/mol. The van der Waals surface area contributed by atoms with Gasteiger partial charge < -0.3 is 10.1 Å². The zero-order chi connectivity index (χ0) is 16.4. The number of carbonyl (C=O) groups is 1. The minimum Gasteiger partial charge on any atom is -0.469 e. The van der Waals surface area contributed by atoms with E-state index in [0.29, 0.717) is 5.96 Å². The minimum absolute atomic E-state index is 0.0730. The number of carbonyl (C=O) groups excluding carboxylic acids is 1. The second-order valence-electron chi connectivity index (χ2n) is 4.74. The number of aliphatic imine (C=N–C) groups is 1. The molecule has 0 atom stereocenters. The number of nitriles is 1. The van der Waals surface area contributed by atoms with Crippen molar-refractivity contribution in [2.45, 2.75) is 26.3 Å². The van der Waals surface area contributed by atoms with Crippen LogP contribution in [0.2, 0.25) is 0 Å². The van der Waals surface area contributed by atoms with Crippen LogP contribution in [0, 0.1) is 11.5 Å². The minimum atomic E-state index is -0.272. The van der Waals surface area contributed by atoms with Crippen molar-refractivity contribution in [2.75, 3.05) is 12.4 Å². The van der Waals surface area contributed by atoms with Gasteiger partial charge in [-0.2, -0.15) is 5.26 Å². The van der Waals surface area contributed by atoms with Crippen LogP contribution in [0.4, 0.5) is 5.69 Å². The quantitative estimate of drug-likeness (QED) is 0.287. The molecule has 1 aromatic carbocycles. The second-order valence-corrected chi connectivity index (χ2v) is 4.74. The van der Waals surface area contributed by atoms with Gasteiger partial charge in [-0.15, -0.1) is 0 Å². The van der Waals surface area contributed by atoms with E-state index in [0.717, 1.165) is 11.3 Å². The molecule has 22 heavy (non-hydrogen) atoms. The maximum Gasteiger partial charge on any atom is 0.309 e. The molecule has 116 valence electrons. The fourth-order valence-electron chi connectivity index (χ4n) is 1.60. The summed E-state index contributed by atoms with van der Waals surface area (Å²) in [6.07, 6.45) is 5.69. The van der Waals surface area contributed by atoms with Crippen molar-refractivity contribution >= 4 is 23.7 Å². The Balaban J connectivity index is 2.68. The fourth-order valence-corrected chi connectivity index (χ4v) is 1.60. The van der Waals surface area contributed by atoms with Gasteiger partial charge in [0, 0.05) is 11.7 Å². The van der Waals surface area contributed by atoms with Crippen LogP contribution in [-0.4, -0.2) is 25.1 Å². The van der Waals surface area contributed by atoms with Crippen molar-refractivity contribution in [3.63, 3.8) is 0 Å². The molecule has 0 aliphatic rings. The summed E-state index contributed by atoms with van der Waals surface area (Å²) in [5.41, 5.74) is 1.78. The predicted octanol–water partition coefficient (Wildman–Crippen LogP) is 2.51. The highest BCUT2D eigenvalue weighted by atomic mass is 16.5. The Labute approximate surface area is 130 Å². The van der Waals surface area contributed by atoms with Crippen LogP contribution >= 0.6 is 0 Å². The van der Waals surface area contributed by atoms with Gasteiger partial charge in [0.2, 0.25) is 5.96 Å². The fraction of sp³-hybridized carbons (Fsp3) is 0.312. The van der Waals surface area contributed by atoms with Crippen LogP contribution in [0.1, 0.15) is 25.8 Å². The number of nitrogens with zero attached hydrogens (tertiary/aromatic N) is 2. The number of ether oxygens (including phenoxy) is 1. The van der Waals surface area contributed by atoms with Crippen LogP contribution in [0.25, 0.3) is 6.08 Å². The van der Waals surface area contributed by atoms with Crippen molar-refractivity contribution in [1.29, 1.82) is 5.26 Å². The van der Waals surface area contributed by atoms with Gasteiger partial charge in [0.25, 0.3) is 0 Å². The Kier molecular flexibility index (Phi) is 7.20. The molecule has 0 aromatic heterocycles. The maximum atomic E-state index is 11.0. The van der Waals surface area contributed by atoms with E-state index in [-0.39, 0.29) is 18.4 Å². The second kappa shape index (κ2) is 9.19. The first-order valence-electron chi connectivity index (χ1n) is 6.88. The van der Waals surface area contributed by atoms with Gasteiger partial charge in [0.1, 0.15) is 0 Å². The molecule has 1 aromatic rings. The molecular formula is C16H20N4O2. The summed E-state index contributed by atoms with van der Waals surface area (Å²) < 4.78 is 4.56. The average Bonchev–Trinajstić information content (AvgIpc) is 2.48. The molecule has 0 aliphatic heterocycles. The molecular weight excluding hydrogens is 280 g/mol. The van der Waals surface area contributed by atoms with Crippen molar-refractivity contribution in [3.05, 3.63) is 35.9 Å². The molecule has 1 rings (SSSR count). The summed E-state index contributed by atoms with van der Waals surface area (Å²) in [6.45, 7) is 3.85. The van der Waals surface area contributed by atoms with Gasteiger partial charge in [0.15, 0.2) is 6.19 Å². The number of hydrogen-bond donors (Lipinski definition) is 2. The highest BCUT2D eigenvalue weighted by molar-refractivity contribution is 5.94. The van der Waals surface area contributed by atoms with E-state index in [4.69, 9.17) is 5.26 Å². The lowest BCUT2D eigenvalue weighted by Crippen LogP contribution is -2.27.